The van der Waals surface area contributed by atoms with Crippen molar-refractivity contribution in [1.29, 1.82) is 0 Å². The van der Waals surface area contributed by atoms with Crippen LogP contribution >= 0.6 is 0 Å². The molecule has 0 aromatic rings. The second-order valence-corrected chi connectivity index (χ2v) is 3.46. The molecule has 0 radical (unpaired) electrons. The van der Waals surface area contributed by atoms with Gasteiger partial charge in [0.05, 0.1) is 19.4 Å². The molecule has 1 aliphatic rings. The summed E-state index contributed by atoms with van der Waals surface area (Å²) in [5, 5.41) is 21.2. The van der Waals surface area contributed by atoms with Gasteiger partial charge in [-0.2, -0.15) is 0 Å². The first-order valence-corrected chi connectivity index (χ1v) is 5.22. The third-order valence-electron chi connectivity index (χ3n) is 2.46. The Morgan fingerprint density at radius 1 is 1.21 bits per heavy atom. The van der Waals surface area contributed by atoms with Crippen LogP contribution in [0.25, 0.3) is 0 Å². The zero-order valence-electron chi connectivity index (χ0n) is 8.52. The fourth-order valence-electron chi connectivity index (χ4n) is 1.75. The number of hydrogen-bond acceptors (Lipinski definition) is 4. The Bertz CT molecular complexity index is 158. The largest absolute Gasteiger partial charge is 0.395 e. The standard InChI is InChI=1S/C10H20N2O2/c13-8-6-12(7-9-14)10-4-2-1-3-5-11-10/h1,3,10-11,13-14H,2,4-9H2. The van der Waals surface area contributed by atoms with Gasteiger partial charge in [0.1, 0.15) is 0 Å². The van der Waals surface area contributed by atoms with E-state index in [0.717, 1.165) is 19.4 Å². The number of nitrogens with one attached hydrogen (secondary N) is 1. The van der Waals surface area contributed by atoms with Crippen molar-refractivity contribution in [3.8, 4) is 0 Å². The highest BCUT2D eigenvalue weighted by Gasteiger charge is 2.16. The van der Waals surface area contributed by atoms with Gasteiger partial charge in [-0.05, 0) is 12.8 Å². The molecule has 0 spiro atoms. The van der Waals surface area contributed by atoms with Crippen molar-refractivity contribution in [2.75, 3.05) is 32.8 Å². The van der Waals surface area contributed by atoms with E-state index in [-0.39, 0.29) is 19.4 Å². The molecule has 3 N–H and O–H groups in total. The van der Waals surface area contributed by atoms with Gasteiger partial charge in [0.2, 0.25) is 0 Å². The third kappa shape index (κ3) is 3.75. The minimum absolute atomic E-state index is 0.144. The van der Waals surface area contributed by atoms with Crippen molar-refractivity contribution in [2.24, 2.45) is 0 Å². The first-order valence-electron chi connectivity index (χ1n) is 5.22. The van der Waals surface area contributed by atoms with Gasteiger partial charge in [0, 0.05) is 19.6 Å². The van der Waals surface area contributed by atoms with Crippen molar-refractivity contribution in [1.82, 2.24) is 10.2 Å². The lowest BCUT2D eigenvalue weighted by molar-refractivity contribution is 0.103. The van der Waals surface area contributed by atoms with E-state index < -0.39 is 0 Å². The average Bonchev–Trinajstić information content (AvgIpc) is 2.45. The number of allylic oxidation sites excluding steroid dienone is 1. The Hall–Kier alpha value is -0.420. The first-order chi connectivity index (χ1) is 6.88. The van der Waals surface area contributed by atoms with Gasteiger partial charge in [-0.3, -0.25) is 10.2 Å². The fourth-order valence-corrected chi connectivity index (χ4v) is 1.75. The average molecular weight is 200 g/mol. The second-order valence-electron chi connectivity index (χ2n) is 3.46. The van der Waals surface area contributed by atoms with Crippen LogP contribution in [0.4, 0.5) is 0 Å². The van der Waals surface area contributed by atoms with Crippen molar-refractivity contribution in [3.05, 3.63) is 12.2 Å². The van der Waals surface area contributed by atoms with Crippen LogP contribution in [0.1, 0.15) is 12.8 Å². The van der Waals surface area contributed by atoms with Gasteiger partial charge < -0.3 is 10.2 Å². The molecule has 4 nitrogen and oxygen atoms in total. The molecule has 1 heterocycles. The summed E-state index contributed by atoms with van der Waals surface area (Å²) in [5.74, 6) is 0. The summed E-state index contributed by atoms with van der Waals surface area (Å²) >= 11 is 0. The van der Waals surface area contributed by atoms with E-state index in [4.69, 9.17) is 10.2 Å². The summed E-state index contributed by atoms with van der Waals surface area (Å²) in [6.07, 6.45) is 6.67. The summed E-state index contributed by atoms with van der Waals surface area (Å²) in [6.45, 7) is 2.41. The van der Waals surface area contributed by atoms with Crippen LogP contribution in [0.3, 0.4) is 0 Å². The second kappa shape index (κ2) is 6.95. The summed E-state index contributed by atoms with van der Waals surface area (Å²) in [5.41, 5.74) is 0. The maximum absolute atomic E-state index is 8.90. The summed E-state index contributed by atoms with van der Waals surface area (Å²) in [4.78, 5) is 2.09. The van der Waals surface area contributed by atoms with Crippen LogP contribution in [-0.4, -0.2) is 54.1 Å². The third-order valence-corrected chi connectivity index (χ3v) is 2.46. The Balaban J connectivity index is 2.40. The van der Waals surface area contributed by atoms with Crippen molar-refractivity contribution in [2.45, 2.75) is 19.0 Å². The van der Waals surface area contributed by atoms with E-state index in [1.54, 1.807) is 0 Å². The number of aliphatic hydroxyl groups is 2. The molecule has 0 aromatic heterocycles. The highest BCUT2D eigenvalue weighted by molar-refractivity contribution is 4.90. The molecule has 82 valence electrons. The molecule has 1 aliphatic heterocycles. The quantitative estimate of drug-likeness (QED) is 0.526. The Labute approximate surface area is 85.2 Å². The molecule has 0 bridgehead atoms. The van der Waals surface area contributed by atoms with Gasteiger partial charge in [-0.15, -0.1) is 0 Å². The van der Waals surface area contributed by atoms with E-state index in [9.17, 15) is 0 Å². The number of aliphatic hydroxyl groups excluding tert-OH is 2. The smallest absolute Gasteiger partial charge is 0.0604 e. The van der Waals surface area contributed by atoms with Gasteiger partial charge in [-0.25, -0.2) is 0 Å². The molecule has 0 aliphatic carbocycles. The highest BCUT2D eigenvalue weighted by atomic mass is 16.3. The Morgan fingerprint density at radius 2 is 1.93 bits per heavy atom. The lowest BCUT2D eigenvalue weighted by atomic mass is 10.2. The summed E-state index contributed by atoms with van der Waals surface area (Å²) in [7, 11) is 0. The summed E-state index contributed by atoms with van der Waals surface area (Å²) in [6, 6.07) is 0. The lowest BCUT2D eigenvalue weighted by Crippen LogP contribution is -2.47. The van der Waals surface area contributed by atoms with Crippen LogP contribution in [0, 0.1) is 0 Å². The molecule has 1 rings (SSSR count). The monoisotopic (exact) mass is 200 g/mol. The number of rotatable bonds is 5. The fraction of sp³-hybridized carbons (Fsp3) is 0.800. The highest BCUT2D eigenvalue weighted by Crippen LogP contribution is 2.07. The van der Waals surface area contributed by atoms with Crippen LogP contribution < -0.4 is 5.32 Å². The van der Waals surface area contributed by atoms with Crippen LogP contribution in [-0.2, 0) is 0 Å². The lowest BCUT2D eigenvalue weighted by Gasteiger charge is -2.30. The van der Waals surface area contributed by atoms with Crippen molar-refractivity contribution in [3.63, 3.8) is 0 Å². The van der Waals surface area contributed by atoms with E-state index >= 15 is 0 Å². The zero-order valence-corrected chi connectivity index (χ0v) is 8.52. The van der Waals surface area contributed by atoms with Gasteiger partial charge >= 0.3 is 0 Å². The van der Waals surface area contributed by atoms with Gasteiger partial charge in [0.25, 0.3) is 0 Å². The molecule has 4 heteroatoms. The number of hydrogen-bond donors (Lipinski definition) is 3. The molecular formula is C10H20N2O2. The Kier molecular flexibility index (Phi) is 5.78. The van der Waals surface area contributed by atoms with E-state index in [2.05, 4.69) is 22.4 Å². The van der Waals surface area contributed by atoms with Crippen LogP contribution in [0.2, 0.25) is 0 Å². The minimum Gasteiger partial charge on any atom is -0.395 e. The van der Waals surface area contributed by atoms with Crippen molar-refractivity contribution < 1.29 is 10.2 Å². The van der Waals surface area contributed by atoms with Crippen LogP contribution in [0.15, 0.2) is 12.2 Å². The van der Waals surface area contributed by atoms with Crippen molar-refractivity contribution >= 4 is 0 Å². The topological polar surface area (TPSA) is 55.7 Å². The van der Waals surface area contributed by atoms with E-state index in [0.29, 0.717) is 13.1 Å². The first kappa shape index (κ1) is 11.7. The maximum Gasteiger partial charge on any atom is 0.0604 e. The molecule has 0 saturated carbocycles. The molecule has 0 saturated heterocycles. The van der Waals surface area contributed by atoms with Gasteiger partial charge in [-0.1, -0.05) is 12.2 Å². The molecule has 0 fully saturated rings. The SMILES string of the molecule is OCCN(CCO)C1CCC=CCN1. The minimum atomic E-state index is 0.144. The van der Waals surface area contributed by atoms with E-state index in [1.807, 2.05) is 0 Å². The van der Waals surface area contributed by atoms with E-state index in [1.165, 1.54) is 0 Å². The molecular weight excluding hydrogens is 180 g/mol. The van der Waals surface area contributed by atoms with Crippen LogP contribution in [0.5, 0.6) is 0 Å². The number of nitrogens with zero attached hydrogens (tertiary/aromatic N) is 1. The molecule has 14 heavy (non-hydrogen) atoms. The normalized spacial score (nSPS) is 22.6. The zero-order chi connectivity index (χ0) is 10.2. The predicted octanol–water partition coefficient (Wildman–Crippen LogP) is -0.461. The molecule has 1 unspecified atom stereocenters. The summed E-state index contributed by atoms with van der Waals surface area (Å²) < 4.78 is 0. The molecule has 0 aromatic carbocycles. The maximum atomic E-state index is 8.90. The predicted molar refractivity (Wildman–Crippen MR) is 55.9 cm³/mol. The molecule has 0 amide bonds. The Morgan fingerprint density at radius 3 is 2.57 bits per heavy atom. The van der Waals surface area contributed by atoms with Gasteiger partial charge in [0.15, 0.2) is 0 Å². The molecule has 1 atom stereocenters.